The number of hydrogen-bond acceptors (Lipinski definition) is 7. The molecule has 7 nitrogen and oxygen atoms in total. The highest BCUT2D eigenvalue weighted by molar-refractivity contribution is 7.14. The van der Waals surface area contributed by atoms with E-state index in [2.05, 4.69) is 10.3 Å². The summed E-state index contributed by atoms with van der Waals surface area (Å²) in [5.41, 5.74) is 1.27. The molecule has 2 rings (SSSR count). The molecule has 2 aromatic rings. The van der Waals surface area contributed by atoms with E-state index in [-0.39, 0.29) is 18.3 Å². The molecule has 1 heterocycles. The van der Waals surface area contributed by atoms with Crippen molar-refractivity contribution < 1.29 is 23.8 Å². The number of carbonyl (C=O) groups is 2. The summed E-state index contributed by atoms with van der Waals surface area (Å²) in [5, 5.41) is 4.78. The fraction of sp³-hybridized carbons (Fsp3) is 0.278. The molecular formula is C18H20N2O5S. The number of aromatic nitrogens is 1. The number of hydrogen-bond donors (Lipinski definition) is 1. The molecule has 0 saturated carbocycles. The average molecular weight is 376 g/mol. The fourth-order valence-electron chi connectivity index (χ4n) is 2.09. The van der Waals surface area contributed by atoms with Crippen molar-refractivity contribution in [3.8, 4) is 11.5 Å². The Morgan fingerprint density at radius 1 is 1.27 bits per heavy atom. The smallest absolute Gasteiger partial charge is 0.311 e. The van der Waals surface area contributed by atoms with Crippen LogP contribution in [0.4, 0.5) is 5.13 Å². The monoisotopic (exact) mass is 376 g/mol. The highest BCUT2D eigenvalue weighted by atomic mass is 32.1. The highest BCUT2D eigenvalue weighted by Gasteiger charge is 2.10. The van der Waals surface area contributed by atoms with Gasteiger partial charge >= 0.3 is 5.97 Å². The van der Waals surface area contributed by atoms with Crippen LogP contribution < -0.4 is 14.8 Å². The number of nitrogens with zero attached hydrogens (tertiary/aromatic N) is 1. The van der Waals surface area contributed by atoms with Crippen LogP contribution in [-0.2, 0) is 20.7 Å². The minimum absolute atomic E-state index is 0.0804. The van der Waals surface area contributed by atoms with Gasteiger partial charge in [-0.25, -0.2) is 4.98 Å². The average Bonchev–Trinajstić information content (AvgIpc) is 3.06. The number of rotatable bonds is 8. The molecule has 1 aromatic heterocycles. The van der Waals surface area contributed by atoms with Gasteiger partial charge in [-0.05, 0) is 31.2 Å². The first-order valence-electron chi connectivity index (χ1n) is 7.86. The zero-order chi connectivity index (χ0) is 18.9. The van der Waals surface area contributed by atoms with E-state index in [1.165, 1.54) is 17.4 Å². The summed E-state index contributed by atoms with van der Waals surface area (Å²) < 4.78 is 15.3. The largest absolute Gasteiger partial charge is 0.497 e. The Morgan fingerprint density at radius 2 is 2.08 bits per heavy atom. The first kappa shape index (κ1) is 19.5. The lowest BCUT2D eigenvalue weighted by Gasteiger charge is -2.07. The Balaban J connectivity index is 1.99. The van der Waals surface area contributed by atoms with Gasteiger partial charge in [0.1, 0.15) is 11.5 Å². The topological polar surface area (TPSA) is 86.8 Å². The summed E-state index contributed by atoms with van der Waals surface area (Å²) in [6, 6.07) is 5.30. The number of anilines is 1. The van der Waals surface area contributed by atoms with Crippen molar-refractivity contribution in [2.24, 2.45) is 0 Å². The van der Waals surface area contributed by atoms with Crippen molar-refractivity contribution >= 4 is 34.4 Å². The zero-order valence-corrected chi connectivity index (χ0v) is 15.6. The van der Waals surface area contributed by atoms with Gasteiger partial charge in [-0.15, -0.1) is 11.3 Å². The predicted molar refractivity (Wildman–Crippen MR) is 99.7 cm³/mol. The first-order chi connectivity index (χ1) is 12.5. The van der Waals surface area contributed by atoms with E-state index in [0.29, 0.717) is 34.5 Å². The molecule has 1 amide bonds. The van der Waals surface area contributed by atoms with E-state index in [1.807, 2.05) is 0 Å². The van der Waals surface area contributed by atoms with Crippen molar-refractivity contribution in [1.29, 1.82) is 0 Å². The summed E-state index contributed by atoms with van der Waals surface area (Å²) in [4.78, 5) is 27.7. The summed E-state index contributed by atoms with van der Waals surface area (Å²) in [6.07, 6.45) is 3.09. The number of ether oxygens (including phenoxy) is 3. The summed E-state index contributed by atoms with van der Waals surface area (Å²) >= 11 is 1.24. The number of methoxy groups -OCH3 is 2. The fourth-order valence-corrected chi connectivity index (χ4v) is 2.80. The summed E-state index contributed by atoms with van der Waals surface area (Å²) in [5.74, 6) is 0.600. The van der Waals surface area contributed by atoms with Crippen LogP contribution >= 0.6 is 11.3 Å². The minimum atomic E-state index is -0.347. The Kier molecular flexibility index (Phi) is 7.16. The van der Waals surface area contributed by atoms with Crippen LogP contribution in [0.5, 0.6) is 11.5 Å². The van der Waals surface area contributed by atoms with E-state index < -0.39 is 0 Å². The molecule has 0 atom stereocenters. The SMILES string of the molecule is CCOC(=O)Cc1csc(NC(=O)C=Cc2cc(OC)ccc2OC)n1. The summed E-state index contributed by atoms with van der Waals surface area (Å²) in [7, 11) is 3.12. The maximum Gasteiger partial charge on any atom is 0.311 e. The van der Waals surface area contributed by atoms with Gasteiger partial charge in [-0.2, -0.15) is 0 Å². The maximum absolute atomic E-state index is 12.1. The number of benzene rings is 1. The molecule has 8 heteroatoms. The summed E-state index contributed by atoms with van der Waals surface area (Å²) in [6.45, 7) is 2.07. The lowest BCUT2D eigenvalue weighted by atomic mass is 10.1. The molecular weight excluding hydrogens is 356 g/mol. The van der Waals surface area contributed by atoms with Crippen LogP contribution in [0.2, 0.25) is 0 Å². The van der Waals surface area contributed by atoms with Gasteiger partial charge in [-0.1, -0.05) is 0 Å². The van der Waals surface area contributed by atoms with Crippen molar-refractivity contribution in [3.05, 3.63) is 40.9 Å². The number of thiazole rings is 1. The molecule has 0 fully saturated rings. The quantitative estimate of drug-likeness (QED) is 0.563. The van der Waals surface area contributed by atoms with E-state index in [4.69, 9.17) is 14.2 Å². The number of amides is 1. The number of esters is 1. The molecule has 0 bridgehead atoms. The van der Waals surface area contributed by atoms with Crippen LogP contribution in [0.3, 0.4) is 0 Å². The number of nitrogens with one attached hydrogen (secondary N) is 1. The van der Waals surface area contributed by atoms with Crippen LogP contribution in [0.15, 0.2) is 29.7 Å². The first-order valence-corrected chi connectivity index (χ1v) is 8.74. The predicted octanol–water partition coefficient (Wildman–Crippen LogP) is 2.92. The highest BCUT2D eigenvalue weighted by Crippen LogP contribution is 2.25. The van der Waals surface area contributed by atoms with Crippen molar-refractivity contribution in [2.45, 2.75) is 13.3 Å². The minimum Gasteiger partial charge on any atom is -0.497 e. The van der Waals surface area contributed by atoms with Gasteiger partial charge in [0.05, 0.1) is 32.9 Å². The van der Waals surface area contributed by atoms with Crippen molar-refractivity contribution in [2.75, 3.05) is 26.1 Å². The van der Waals surface area contributed by atoms with Crippen LogP contribution in [0, 0.1) is 0 Å². The van der Waals surface area contributed by atoms with E-state index in [9.17, 15) is 9.59 Å². The Bertz CT molecular complexity index is 801. The molecule has 0 aliphatic rings. The van der Waals surface area contributed by atoms with E-state index >= 15 is 0 Å². The second-order valence-electron chi connectivity index (χ2n) is 5.06. The van der Waals surface area contributed by atoms with Crippen LogP contribution in [0.1, 0.15) is 18.2 Å². The molecule has 0 radical (unpaired) electrons. The molecule has 0 aliphatic heterocycles. The van der Waals surface area contributed by atoms with Crippen LogP contribution in [-0.4, -0.2) is 37.7 Å². The lowest BCUT2D eigenvalue weighted by Crippen LogP contribution is -2.09. The maximum atomic E-state index is 12.1. The van der Waals surface area contributed by atoms with E-state index in [1.54, 1.807) is 50.8 Å². The Labute approximate surface area is 155 Å². The lowest BCUT2D eigenvalue weighted by molar-refractivity contribution is -0.142. The van der Waals surface area contributed by atoms with Crippen LogP contribution in [0.25, 0.3) is 6.08 Å². The third-order valence-electron chi connectivity index (χ3n) is 3.26. The Morgan fingerprint density at radius 3 is 2.77 bits per heavy atom. The molecule has 138 valence electrons. The van der Waals surface area contributed by atoms with E-state index in [0.717, 1.165) is 0 Å². The Hall–Kier alpha value is -2.87. The van der Waals surface area contributed by atoms with Gasteiger partial charge in [0.2, 0.25) is 5.91 Å². The van der Waals surface area contributed by atoms with Gasteiger partial charge < -0.3 is 14.2 Å². The molecule has 0 saturated heterocycles. The van der Waals surface area contributed by atoms with Gasteiger partial charge in [0.15, 0.2) is 5.13 Å². The molecule has 0 unspecified atom stereocenters. The normalized spacial score (nSPS) is 10.6. The van der Waals surface area contributed by atoms with Gasteiger partial charge in [0.25, 0.3) is 0 Å². The molecule has 0 spiro atoms. The third-order valence-corrected chi connectivity index (χ3v) is 4.07. The molecule has 1 aromatic carbocycles. The second kappa shape index (κ2) is 9.57. The standard InChI is InChI=1S/C18H20N2O5S/c1-4-25-17(22)10-13-11-26-18(19-13)20-16(21)8-5-12-9-14(23-2)6-7-15(12)24-3/h5-9,11H,4,10H2,1-3H3,(H,19,20,21). The third kappa shape index (κ3) is 5.59. The van der Waals surface area contributed by atoms with Gasteiger partial charge in [0, 0.05) is 17.0 Å². The molecule has 26 heavy (non-hydrogen) atoms. The molecule has 1 N–H and O–H groups in total. The molecule has 0 aliphatic carbocycles. The zero-order valence-electron chi connectivity index (χ0n) is 14.8. The van der Waals surface area contributed by atoms with Crippen molar-refractivity contribution in [3.63, 3.8) is 0 Å². The van der Waals surface area contributed by atoms with Crippen molar-refractivity contribution in [1.82, 2.24) is 4.98 Å². The second-order valence-corrected chi connectivity index (χ2v) is 5.91. The number of carbonyl (C=O) groups excluding carboxylic acids is 2. The van der Waals surface area contributed by atoms with Gasteiger partial charge in [-0.3, -0.25) is 14.9 Å².